The average Bonchev–Trinajstić information content (AvgIpc) is 3.60. The van der Waals surface area contributed by atoms with Crippen molar-refractivity contribution < 1.29 is 9.53 Å². The van der Waals surface area contributed by atoms with E-state index >= 15 is 0 Å². The average molecular weight is 587 g/mol. The maximum atomic E-state index is 11.7. The van der Waals surface area contributed by atoms with Crippen molar-refractivity contribution in [3.63, 3.8) is 0 Å². The van der Waals surface area contributed by atoms with Gasteiger partial charge in [-0.05, 0) is 29.3 Å². The second-order valence-electron chi connectivity index (χ2n) is 11.2. The van der Waals surface area contributed by atoms with E-state index in [-0.39, 0.29) is 11.3 Å². The van der Waals surface area contributed by atoms with E-state index in [1.165, 1.54) is 11.1 Å². The number of nitrogens with one attached hydrogen (secondary N) is 2. The van der Waals surface area contributed by atoms with E-state index in [1.54, 1.807) is 13.3 Å². The summed E-state index contributed by atoms with van der Waals surface area (Å²) in [5.41, 5.74) is 8.53. The zero-order chi connectivity index (χ0) is 28.1. The topological polar surface area (TPSA) is 79.4 Å². The number of aromatic nitrogens is 2. The molecule has 0 saturated carbocycles. The van der Waals surface area contributed by atoms with Crippen molar-refractivity contribution in [3.05, 3.63) is 87.5 Å². The normalized spacial score (nSPS) is 17.4. The van der Waals surface area contributed by atoms with Crippen LogP contribution in [0.25, 0.3) is 33.6 Å². The molecule has 9 heteroatoms. The van der Waals surface area contributed by atoms with Crippen molar-refractivity contribution in [2.24, 2.45) is 5.41 Å². The molecule has 1 amide bonds. The molecule has 3 aliphatic rings. The second kappa shape index (κ2) is 10.4. The number of rotatable bonds is 6. The van der Waals surface area contributed by atoms with Crippen molar-refractivity contribution in [1.29, 1.82) is 0 Å². The SMILES string of the molecule is COc1nc(-c2cccc(-c3ccnc(-c4ccc5c(c4)CNC5)c3Cl)c2Cl)ccc1CN1CC2(CNC(=O)C2)C1. The number of hydrogen-bond acceptors (Lipinski definition) is 6. The molecule has 0 aliphatic carbocycles. The Morgan fingerprint density at radius 3 is 2.59 bits per heavy atom. The van der Waals surface area contributed by atoms with Crippen molar-refractivity contribution in [3.8, 4) is 39.5 Å². The van der Waals surface area contributed by atoms with E-state index in [9.17, 15) is 4.79 Å². The summed E-state index contributed by atoms with van der Waals surface area (Å²) in [6, 6.07) is 18.2. The molecule has 0 radical (unpaired) electrons. The number of amides is 1. The quantitative estimate of drug-likeness (QED) is 0.301. The van der Waals surface area contributed by atoms with Crippen LogP contribution in [0.2, 0.25) is 10.0 Å². The molecule has 4 aromatic rings. The standard InChI is InChI=1S/C32H29Cl2N5O2/c1-41-31-21(15-39-17-32(18-39)12-27(40)37-16-32)7-8-26(38-31)25-4-2-3-23(28(25)33)24-9-10-36-30(29(24)34)19-5-6-20-13-35-14-22(20)11-19/h2-11,35H,12-18H2,1H3,(H,37,40). The van der Waals surface area contributed by atoms with Gasteiger partial charge in [-0.1, -0.05) is 59.6 Å². The molecule has 5 heterocycles. The first-order valence-electron chi connectivity index (χ1n) is 13.7. The number of carbonyl (C=O) groups is 1. The van der Waals surface area contributed by atoms with Gasteiger partial charge in [0.2, 0.25) is 11.8 Å². The first-order chi connectivity index (χ1) is 19.9. The van der Waals surface area contributed by atoms with Crippen LogP contribution >= 0.6 is 23.2 Å². The Kier molecular flexibility index (Phi) is 6.70. The monoisotopic (exact) mass is 585 g/mol. The minimum atomic E-state index is 0.0808. The number of ether oxygens (including phenoxy) is 1. The number of nitrogens with zero attached hydrogens (tertiary/aromatic N) is 3. The lowest BCUT2D eigenvalue weighted by atomic mass is 9.79. The van der Waals surface area contributed by atoms with Crippen LogP contribution in [-0.2, 0) is 24.4 Å². The van der Waals surface area contributed by atoms with E-state index in [0.29, 0.717) is 28.9 Å². The van der Waals surface area contributed by atoms with Crippen LogP contribution in [0, 0.1) is 5.41 Å². The third-order valence-corrected chi connectivity index (χ3v) is 9.20. The van der Waals surface area contributed by atoms with Gasteiger partial charge in [-0.2, -0.15) is 0 Å². The number of methoxy groups -OCH3 is 1. The van der Waals surface area contributed by atoms with Gasteiger partial charge < -0.3 is 15.4 Å². The highest BCUT2D eigenvalue weighted by Gasteiger charge is 2.47. The van der Waals surface area contributed by atoms with Gasteiger partial charge >= 0.3 is 0 Å². The fraction of sp³-hybridized carbons (Fsp3) is 0.281. The lowest BCUT2D eigenvalue weighted by Crippen LogP contribution is -2.56. The van der Waals surface area contributed by atoms with E-state index < -0.39 is 0 Å². The molecule has 0 unspecified atom stereocenters. The van der Waals surface area contributed by atoms with Gasteiger partial charge in [0, 0.05) is 85.1 Å². The van der Waals surface area contributed by atoms with Crippen molar-refractivity contribution >= 4 is 29.1 Å². The van der Waals surface area contributed by atoms with Crippen molar-refractivity contribution in [2.75, 3.05) is 26.7 Å². The number of carbonyl (C=O) groups excluding carboxylic acids is 1. The number of pyridine rings is 2. The number of likely N-dealkylation sites (tertiary alicyclic amines) is 1. The fourth-order valence-electron chi connectivity index (χ4n) is 6.38. The molecule has 208 valence electrons. The van der Waals surface area contributed by atoms with E-state index in [2.05, 4.69) is 38.7 Å². The van der Waals surface area contributed by atoms with E-state index in [1.807, 2.05) is 36.4 Å². The first kappa shape index (κ1) is 26.4. The molecule has 3 aliphatic heterocycles. The second-order valence-corrected chi connectivity index (χ2v) is 12.0. The molecule has 2 N–H and O–H groups in total. The zero-order valence-electron chi connectivity index (χ0n) is 22.6. The van der Waals surface area contributed by atoms with E-state index in [4.69, 9.17) is 32.9 Å². The molecule has 0 bridgehead atoms. The van der Waals surface area contributed by atoms with Gasteiger partial charge in [0.15, 0.2) is 0 Å². The number of halogens is 2. The summed E-state index contributed by atoms with van der Waals surface area (Å²) in [6.07, 6.45) is 2.39. The molecule has 2 aromatic carbocycles. The number of fused-ring (bicyclic) bond motifs is 1. The molecule has 7 nitrogen and oxygen atoms in total. The molecular formula is C32H29Cl2N5O2. The van der Waals surface area contributed by atoms with E-state index in [0.717, 1.165) is 71.9 Å². The highest BCUT2D eigenvalue weighted by atomic mass is 35.5. The molecule has 2 fully saturated rings. The summed E-state index contributed by atoms with van der Waals surface area (Å²) in [6.45, 7) is 5.00. The Labute approximate surface area is 248 Å². The molecule has 41 heavy (non-hydrogen) atoms. The summed E-state index contributed by atoms with van der Waals surface area (Å²) in [5, 5.41) is 7.47. The van der Waals surface area contributed by atoms with Gasteiger partial charge in [0.05, 0.1) is 28.5 Å². The fourth-order valence-corrected chi connectivity index (χ4v) is 7.03. The van der Waals surface area contributed by atoms with Gasteiger partial charge in [-0.25, -0.2) is 4.98 Å². The molecule has 2 saturated heterocycles. The van der Waals surface area contributed by atoms with Gasteiger partial charge in [0.25, 0.3) is 0 Å². The Balaban J connectivity index is 1.17. The largest absolute Gasteiger partial charge is 0.481 e. The first-order valence-corrected chi connectivity index (χ1v) is 14.5. The van der Waals surface area contributed by atoms with Crippen LogP contribution in [0.1, 0.15) is 23.1 Å². The van der Waals surface area contributed by atoms with Crippen LogP contribution in [0.5, 0.6) is 5.88 Å². The summed E-state index contributed by atoms with van der Waals surface area (Å²) in [7, 11) is 1.64. The van der Waals surface area contributed by atoms with Crippen LogP contribution in [0.3, 0.4) is 0 Å². The lowest BCUT2D eigenvalue weighted by molar-refractivity contribution is -0.120. The summed E-state index contributed by atoms with van der Waals surface area (Å²) >= 11 is 14.0. The Morgan fingerprint density at radius 2 is 1.78 bits per heavy atom. The Hall–Kier alpha value is -3.49. The molecule has 1 spiro atoms. The molecule has 2 aromatic heterocycles. The predicted octanol–water partition coefficient (Wildman–Crippen LogP) is 5.72. The third-order valence-electron chi connectivity index (χ3n) is 8.41. The molecule has 0 atom stereocenters. The van der Waals surface area contributed by atoms with Crippen LogP contribution in [-0.4, -0.2) is 47.5 Å². The lowest BCUT2D eigenvalue weighted by Gasteiger charge is -2.47. The summed E-state index contributed by atoms with van der Waals surface area (Å²) in [4.78, 5) is 23.5. The van der Waals surface area contributed by atoms with Crippen molar-refractivity contribution in [2.45, 2.75) is 26.1 Å². The minimum Gasteiger partial charge on any atom is -0.481 e. The Morgan fingerprint density at radius 1 is 0.976 bits per heavy atom. The van der Waals surface area contributed by atoms with Gasteiger partial charge in [-0.3, -0.25) is 14.7 Å². The predicted molar refractivity (Wildman–Crippen MR) is 161 cm³/mol. The van der Waals surface area contributed by atoms with Crippen LogP contribution < -0.4 is 15.4 Å². The summed E-state index contributed by atoms with van der Waals surface area (Å²) < 4.78 is 5.70. The summed E-state index contributed by atoms with van der Waals surface area (Å²) in [5.74, 6) is 0.721. The third kappa shape index (κ3) is 4.77. The highest BCUT2D eigenvalue weighted by Crippen LogP contribution is 2.42. The maximum absolute atomic E-state index is 11.7. The number of hydrogen-bond donors (Lipinski definition) is 2. The molecule has 7 rings (SSSR count). The van der Waals surface area contributed by atoms with Crippen LogP contribution in [0.4, 0.5) is 0 Å². The highest BCUT2D eigenvalue weighted by molar-refractivity contribution is 6.39. The number of benzene rings is 2. The van der Waals surface area contributed by atoms with Crippen molar-refractivity contribution in [1.82, 2.24) is 25.5 Å². The molecular weight excluding hydrogens is 557 g/mol. The van der Waals surface area contributed by atoms with Crippen LogP contribution in [0.15, 0.2) is 60.8 Å². The van der Waals surface area contributed by atoms with Gasteiger partial charge in [0.1, 0.15) is 0 Å². The Bertz CT molecular complexity index is 1690. The minimum absolute atomic E-state index is 0.0808. The maximum Gasteiger partial charge on any atom is 0.220 e. The zero-order valence-corrected chi connectivity index (χ0v) is 24.1. The van der Waals surface area contributed by atoms with Gasteiger partial charge in [-0.15, -0.1) is 0 Å². The smallest absolute Gasteiger partial charge is 0.220 e.